The van der Waals surface area contributed by atoms with Crippen LogP contribution in [-0.2, 0) is 0 Å². The summed E-state index contributed by atoms with van der Waals surface area (Å²) in [5.41, 5.74) is 0. The molecule has 0 aromatic carbocycles. The van der Waals surface area contributed by atoms with E-state index in [0.717, 1.165) is 5.13 Å². The third kappa shape index (κ3) is 1.59. The molecule has 1 rings (SSSR count). The van der Waals surface area contributed by atoms with Crippen molar-refractivity contribution < 1.29 is 0 Å². The Kier molecular flexibility index (Phi) is 2.36. The second-order valence-electron chi connectivity index (χ2n) is 1.44. The first-order chi connectivity index (χ1) is 4.36. The minimum absolute atomic E-state index is 0.986. The SMILES string of the molecule is CNc1ncc(SC)s1. The third-order valence-electron chi connectivity index (χ3n) is 0.900. The highest BCUT2D eigenvalue weighted by Crippen LogP contribution is 2.25. The molecule has 0 saturated heterocycles. The highest BCUT2D eigenvalue weighted by atomic mass is 32.2. The predicted octanol–water partition coefficient (Wildman–Crippen LogP) is 1.91. The molecule has 0 aliphatic heterocycles. The van der Waals surface area contributed by atoms with Crippen molar-refractivity contribution in [2.75, 3.05) is 18.6 Å². The average Bonchev–Trinajstić information content (AvgIpc) is 2.34. The highest BCUT2D eigenvalue weighted by molar-refractivity contribution is 8.00. The summed E-state index contributed by atoms with van der Waals surface area (Å²) in [6.45, 7) is 0. The fourth-order valence-electron chi connectivity index (χ4n) is 0.469. The summed E-state index contributed by atoms with van der Waals surface area (Å²) in [6, 6.07) is 0. The van der Waals surface area contributed by atoms with Crippen molar-refractivity contribution in [3.8, 4) is 0 Å². The van der Waals surface area contributed by atoms with Gasteiger partial charge in [0.1, 0.15) is 0 Å². The molecule has 1 aromatic rings. The summed E-state index contributed by atoms with van der Waals surface area (Å²) < 4.78 is 1.25. The van der Waals surface area contributed by atoms with Crippen molar-refractivity contribution in [3.05, 3.63) is 6.20 Å². The predicted molar refractivity (Wildman–Crippen MR) is 43.4 cm³/mol. The Hall–Kier alpha value is -0.220. The molecule has 9 heavy (non-hydrogen) atoms. The van der Waals surface area contributed by atoms with E-state index in [0.29, 0.717) is 0 Å². The molecule has 2 nitrogen and oxygen atoms in total. The van der Waals surface area contributed by atoms with Crippen LogP contribution in [0.5, 0.6) is 0 Å². The Morgan fingerprint density at radius 1 is 1.78 bits per heavy atom. The maximum absolute atomic E-state index is 4.09. The van der Waals surface area contributed by atoms with Gasteiger partial charge in [-0.1, -0.05) is 11.3 Å². The number of rotatable bonds is 2. The first-order valence-corrected chi connectivity index (χ1v) is 4.58. The van der Waals surface area contributed by atoms with Gasteiger partial charge in [0, 0.05) is 7.05 Å². The number of nitrogens with zero attached hydrogens (tertiary/aromatic N) is 1. The van der Waals surface area contributed by atoms with E-state index in [4.69, 9.17) is 0 Å². The van der Waals surface area contributed by atoms with Gasteiger partial charge in [-0.25, -0.2) is 4.98 Å². The van der Waals surface area contributed by atoms with Crippen molar-refractivity contribution in [3.63, 3.8) is 0 Å². The quantitative estimate of drug-likeness (QED) is 0.669. The second kappa shape index (κ2) is 3.08. The van der Waals surface area contributed by atoms with Crippen molar-refractivity contribution in [1.29, 1.82) is 0 Å². The van der Waals surface area contributed by atoms with E-state index in [2.05, 4.69) is 10.3 Å². The van der Waals surface area contributed by atoms with E-state index in [1.165, 1.54) is 4.21 Å². The smallest absolute Gasteiger partial charge is 0.183 e. The van der Waals surface area contributed by atoms with Crippen LogP contribution in [0.3, 0.4) is 0 Å². The Morgan fingerprint density at radius 2 is 2.56 bits per heavy atom. The van der Waals surface area contributed by atoms with Crippen LogP contribution in [-0.4, -0.2) is 18.3 Å². The molecule has 0 amide bonds. The lowest BCUT2D eigenvalue weighted by Crippen LogP contribution is -1.83. The van der Waals surface area contributed by atoms with E-state index in [1.54, 1.807) is 23.1 Å². The molecular weight excluding hydrogens is 152 g/mol. The van der Waals surface area contributed by atoms with Gasteiger partial charge < -0.3 is 5.32 Å². The van der Waals surface area contributed by atoms with Crippen molar-refractivity contribution in [2.24, 2.45) is 0 Å². The molecule has 50 valence electrons. The molecule has 0 aliphatic carbocycles. The van der Waals surface area contributed by atoms with Gasteiger partial charge >= 0.3 is 0 Å². The lowest BCUT2D eigenvalue weighted by Gasteiger charge is -1.85. The summed E-state index contributed by atoms with van der Waals surface area (Å²) >= 11 is 3.39. The molecule has 4 heteroatoms. The number of aromatic nitrogens is 1. The number of hydrogen-bond acceptors (Lipinski definition) is 4. The zero-order valence-corrected chi connectivity index (χ0v) is 6.97. The standard InChI is InChI=1S/C5H8N2S2/c1-6-5-7-3-4(8-2)9-5/h3H,1-2H3,(H,6,7). The number of thiazole rings is 1. The molecule has 1 aromatic heterocycles. The number of thioether (sulfide) groups is 1. The molecular formula is C5H8N2S2. The van der Waals surface area contributed by atoms with Crippen LogP contribution in [0, 0.1) is 0 Å². The number of anilines is 1. The summed E-state index contributed by atoms with van der Waals surface area (Å²) in [5, 5.41) is 3.96. The van der Waals surface area contributed by atoms with Gasteiger partial charge in [-0.2, -0.15) is 0 Å². The summed E-state index contributed by atoms with van der Waals surface area (Å²) in [7, 11) is 1.88. The van der Waals surface area contributed by atoms with Crippen LogP contribution in [0.25, 0.3) is 0 Å². The van der Waals surface area contributed by atoms with E-state index < -0.39 is 0 Å². The minimum Gasteiger partial charge on any atom is -0.365 e. The van der Waals surface area contributed by atoms with Crippen molar-refractivity contribution in [2.45, 2.75) is 4.21 Å². The molecule has 0 fully saturated rings. The van der Waals surface area contributed by atoms with Crippen LogP contribution in [0.4, 0.5) is 5.13 Å². The number of hydrogen-bond donors (Lipinski definition) is 1. The topological polar surface area (TPSA) is 24.9 Å². The van der Waals surface area contributed by atoms with Gasteiger partial charge in [-0.3, -0.25) is 0 Å². The van der Waals surface area contributed by atoms with Crippen LogP contribution in [0.15, 0.2) is 10.4 Å². The third-order valence-corrected chi connectivity index (χ3v) is 2.97. The normalized spacial score (nSPS) is 9.56. The van der Waals surface area contributed by atoms with E-state index in [1.807, 2.05) is 19.5 Å². The monoisotopic (exact) mass is 160 g/mol. The highest BCUT2D eigenvalue weighted by Gasteiger charge is 1.95. The van der Waals surface area contributed by atoms with Gasteiger partial charge in [0.2, 0.25) is 0 Å². The van der Waals surface area contributed by atoms with Crippen LogP contribution >= 0.6 is 23.1 Å². The van der Waals surface area contributed by atoms with E-state index in [9.17, 15) is 0 Å². The molecule has 0 atom stereocenters. The Labute approximate surface area is 62.7 Å². The zero-order chi connectivity index (χ0) is 6.69. The fourth-order valence-corrected chi connectivity index (χ4v) is 1.70. The van der Waals surface area contributed by atoms with Gasteiger partial charge in [-0.15, -0.1) is 11.8 Å². The molecule has 0 spiro atoms. The van der Waals surface area contributed by atoms with Crippen LogP contribution in [0.2, 0.25) is 0 Å². The summed E-state index contributed by atoms with van der Waals surface area (Å²) in [5.74, 6) is 0. The Morgan fingerprint density at radius 3 is 2.89 bits per heavy atom. The minimum atomic E-state index is 0.986. The van der Waals surface area contributed by atoms with Gasteiger partial charge in [0.15, 0.2) is 5.13 Å². The van der Waals surface area contributed by atoms with Crippen LogP contribution < -0.4 is 5.32 Å². The first-order valence-electron chi connectivity index (χ1n) is 2.54. The zero-order valence-electron chi connectivity index (χ0n) is 5.34. The lowest BCUT2D eigenvalue weighted by atomic mass is 11.0. The lowest BCUT2D eigenvalue weighted by molar-refractivity contribution is 1.34. The van der Waals surface area contributed by atoms with E-state index >= 15 is 0 Å². The largest absolute Gasteiger partial charge is 0.365 e. The van der Waals surface area contributed by atoms with Crippen LogP contribution in [0.1, 0.15) is 0 Å². The molecule has 0 unspecified atom stereocenters. The van der Waals surface area contributed by atoms with Gasteiger partial charge in [0.05, 0.1) is 10.4 Å². The van der Waals surface area contributed by atoms with Gasteiger partial charge in [-0.05, 0) is 6.26 Å². The maximum atomic E-state index is 4.09. The van der Waals surface area contributed by atoms with Crippen molar-refractivity contribution in [1.82, 2.24) is 4.98 Å². The van der Waals surface area contributed by atoms with Crippen molar-refractivity contribution >= 4 is 28.2 Å². The number of nitrogens with one attached hydrogen (secondary N) is 1. The molecule has 0 bridgehead atoms. The molecule has 1 N–H and O–H groups in total. The fraction of sp³-hybridized carbons (Fsp3) is 0.400. The second-order valence-corrected chi connectivity index (χ2v) is 3.58. The average molecular weight is 160 g/mol. The molecule has 0 saturated carbocycles. The van der Waals surface area contributed by atoms with Gasteiger partial charge in [0.25, 0.3) is 0 Å². The maximum Gasteiger partial charge on any atom is 0.183 e. The van der Waals surface area contributed by atoms with E-state index in [-0.39, 0.29) is 0 Å². The summed E-state index contributed by atoms with van der Waals surface area (Å²) in [4.78, 5) is 4.09. The Balaban J connectivity index is 2.74. The molecule has 0 radical (unpaired) electrons. The Bertz CT molecular complexity index is 166. The molecule has 1 heterocycles. The first kappa shape index (κ1) is 6.89. The summed E-state index contributed by atoms with van der Waals surface area (Å²) in [6.07, 6.45) is 3.92. The molecule has 0 aliphatic rings.